The van der Waals surface area contributed by atoms with E-state index in [1.54, 1.807) is 30.3 Å². The number of hydrogen-bond acceptors (Lipinski definition) is 5. The molecule has 2 aliphatic heterocycles. The van der Waals surface area contributed by atoms with Crippen molar-refractivity contribution in [2.24, 2.45) is 0 Å². The number of nitrogens with zero attached hydrogens (tertiary/aromatic N) is 1. The number of hydrogen-bond donors (Lipinski definition) is 4. The van der Waals surface area contributed by atoms with Gasteiger partial charge in [-0.05, 0) is 116 Å². The molecule has 2 aliphatic rings. The first-order chi connectivity index (χ1) is 22.9. The number of benzene rings is 4. The Morgan fingerprint density at radius 1 is 0.787 bits per heavy atom. The summed E-state index contributed by atoms with van der Waals surface area (Å²) in [5.74, 6) is 0.176. The van der Waals surface area contributed by atoms with Crippen LogP contribution in [0.15, 0.2) is 103 Å². The lowest BCUT2D eigenvalue weighted by molar-refractivity contribution is 0.101. The third-order valence-electron chi connectivity index (χ3n) is 8.59. The van der Waals surface area contributed by atoms with Gasteiger partial charge >= 0.3 is 0 Å². The van der Waals surface area contributed by atoms with Crippen molar-refractivity contribution in [3.8, 4) is 0 Å². The molecule has 5 aromatic rings. The molecule has 7 nitrogen and oxygen atoms in total. The van der Waals surface area contributed by atoms with E-state index < -0.39 is 0 Å². The van der Waals surface area contributed by atoms with Gasteiger partial charge in [0, 0.05) is 39.9 Å². The molecule has 7 rings (SSSR count). The summed E-state index contributed by atoms with van der Waals surface area (Å²) < 4.78 is 0. The van der Waals surface area contributed by atoms with Crippen LogP contribution in [0.25, 0.3) is 10.8 Å². The van der Waals surface area contributed by atoms with Crippen molar-refractivity contribution < 1.29 is 9.59 Å². The Labute approximate surface area is 285 Å². The van der Waals surface area contributed by atoms with Gasteiger partial charge in [0.25, 0.3) is 11.8 Å². The maximum atomic E-state index is 12.5. The summed E-state index contributed by atoms with van der Waals surface area (Å²) in [7, 11) is 0. The minimum atomic E-state index is -0.261. The molecule has 1 aromatic heterocycles. The average Bonchev–Trinajstić information content (AvgIpc) is 3.82. The molecule has 9 heteroatoms. The van der Waals surface area contributed by atoms with E-state index in [0.717, 1.165) is 54.6 Å². The predicted molar refractivity (Wildman–Crippen MR) is 192 cm³/mol. The molecular formula is C38H37Cl2N5O2. The lowest BCUT2D eigenvalue weighted by Gasteiger charge is -2.11. The topological polar surface area (TPSA) is 95.2 Å². The van der Waals surface area contributed by atoms with E-state index in [2.05, 4.69) is 50.5 Å². The minimum absolute atomic E-state index is 0.123. The van der Waals surface area contributed by atoms with Crippen LogP contribution in [-0.2, 0) is 6.42 Å². The number of pyridine rings is 1. The van der Waals surface area contributed by atoms with Crippen LogP contribution in [-0.4, -0.2) is 42.5 Å². The molecular weight excluding hydrogens is 629 g/mol. The highest BCUT2D eigenvalue weighted by atomic mass is 35.5. The van der Waals surface area contributed by atoms with Crippen LogP contribution in [0.3, 0.4) is 0 Å². The molecule has 240 valence electrons. The zero-order chi connectivity index (χ0) is 32.6. The van der Waals surface area contributed by atoms with Gasteiger partial charge in [-0.2, -0.15) is 0 Å². The number of aromatic nitrogens is 1. The highest BCUT2D eigenvalue weighted by Gasteiger charge is 2.17. The van der Waals surface area contributed by atoms with Gasteiger partial charge < -0.3 is 21.3 Å². The summed E-state index contributed by atoms with van der Waals surface area (Å²) in [6.45, 7) is 3.21. The van der Waals surface area contributed by atoms with Gasteiger partial charge in [0.05, 0.1) is 0 Å². The van der Waals surface area contributed by atoms with Gasteiger partial charge in [0.15, 0.2) is 0 Å². The molecule has 0 aliphatic carbocycles. The summed E-state index contributed by atoms with van der Waals surface area (Å²) in [6.07, 6.45) is 4.71. The zero-order valence-corrected chi connectivity index (χ0v) is 27.5. The lowest BCUT2D eigenvalue weighted by atomic mass is 9.98. The van der Waals surface area contributed by atoms with Crippen molar-refractivity contribution in [2.45, 2.75) is 37.6 Å². The molecule has 0 saturated carbocycles. The number of amides is 2. The van der Waals surface area contributed by atoms with Crippen molar-refractivity contribution in [2.75, 3.05) is 30.3 Å². The van der Waals surface area contributed by atoms with Crippen molar-refractivity contribution in [3.63, 3.8) is 0 Å². The molecule has 4 N–H and O–H groups in total. The second-order valence-corrected chi connectivity index (χ2v) is 12.7. The van der Waals surface area contributed by atoms with E-state index in [-0.39, 0.29) is 11.8 Å². The highest BCUT2D eigenvalue weighted by molar-refractivity contribution is 6.34. The van der Waals surface area contributed by atoms with E-state index >= 15 is 0 Å². The standard InChI is InChI=1S/C20H18ClN3O.C18H19ClN2O/c21-19-17-4-2-1-3-14(17)11-18(24-19)20(25)23-16-7-5-13(6-8-16)15-9-10-22-12-15;19-15-7-5-14(6-8-15)18(22)21-16-9-3-13(4-10-16)12-17-2-1-11-20-17/h1-8,11,15,22H,9-10,12H2,(H,23,25);3-10,17,20H,1-2,11-12H2,(H,21,22). The number of carbonyl (C=O) groups is 2. The Morgan fingerprint density at radius 2 is 1.49 bits per heavy atom. The molecule has 2 saturated heterocycles. The molecule has 4 aromatic carbocycles. The largest absolute Gasteiger partial charge is 0.322 e. The maximum Gasteiger partial charge on any atom is 0.274 e. The van der Waals surface area contributed by atoms with Gasteiger partial charge in [0.1, 0.15) is 10.8 Å². The third kappa shape index (κ3) is 8.76. The van der Waals surface area contributed by atoms with E-state index in [0.29, 0.717) is 33.4 Å². The third-order valence-corrected chi connectivity index (χ3v) is 9.13. The van der Waals surface area contributed by atoms with Crippen LogP contribution in [0.2, 0.25) is 10.2 Å². The van der Waals surface area contributed by atoms with Gasteiger partial charge in [-0.15, -0.1) is 0 Å². The molecule has 2 fully saturated rings. The SMILES string of the molecule is O=C(Nc1ccc(C2CCNC2)cc1)c1cc2ccccc2c(Cl)n1.O=C(Nc1ccc(CC2CCCN2)cc1)c1ccc(Cl)cc1. The first kappa shape index (κ1) is 32.7. The van der Waals surface area contributed by atoms with E-state index in [4.69, 9.17) is 23.2 Å². The number of fused-ring (bicyclic) bond motifs is 1. The number of carbonyl (C=O) groups excluding carboxylic acids is 2. The minimum Gasteiger partial charge on any atom is -0.322 e. The maximum absolute atomic E-state index is 12.5. The zero-order valence-electron chi connectivity index (χ0n) is 25.9. The number of rotatable bonds is 7. The fourth-order valence-corrected chi connectivity index (χ4v) is 6.38. The van der Waals surface area contributed by atoms with E-state index in [9.17, 15) is 9.59 Å². The molecule has 0 radical (unpaired) electrons. The monoisotopic (exact) mass is 665 g/mol. The number of halogens is 2. The first-order valence-electron chi connectivity index (χ1n) is 16.0. The van der Waals surface area contributed by atoms with Crippen LogP contribution in [0.4, 0.5) is 11.4 Å². The van der Waals surface area contributed by atoms with Crippen LogP contribution in [0, 0.1) is 0 Å². The molecule has 2 atom stereocenters. The van der Waals surface area contributed by atoms with Gasteiger partial charge in [0.2, 0.25) is 0 Å². The van der Waals surface area contributed by atoms with Crippen LogP contribution in [0.5, 0.6) is 0 Å². The molecule has 2 amide bonds. The number of anilines is 2. The smallest absolute Gasteiger partial charge is 0.274 e. The Bertz CT molecular complexity index is 1820. The quantitative estimate of drug-likeness (QED) is 0.132. The second-order valence-electron chi connectivity index (χ2n) is 11.9. The van der Waals surface area contributed by atoms with Gasteiger partial charge in [-0.25, -0.2) is 4.98 Å². The number of nitrogens with one attached hydrogen (secondary N) is 4. The summed E-state index contributed by atoms with van der Waals surface area (Å²) in [6, 6.07) is 33.0. The predicted octanol–water partition coefficient (Wildman–Crippen LogP) is 8.10. The van der Waals surface area contributed by atoms with Crippen molar-refractivity contribution in [3.05, 3.63) is 136 Å². The summed E-state index contributed by atoms with van der Waals surface area (Å²) in [4.78, 5) is 28.9. The first-order valence-corrected chi connectivity index (χ1v) is 16.7. The van der Waals surface area contributed by atoms with Gasteiger partial charge in [-0.1, -0.05) is 71.7 Å². The highest BCUT2D eigenvalue weighted by Crippen LogP contribution is 2.25. The van der Waals surface area contributed by atoms with Crippen LogP contribution < -0.4 is 21.3 Å². The fraction of sp³-hybridized carbons (Fsp3) is 0.237. The molecule has 47 heavy (non-hydrogen) atoms. The summed E-state index contributed by atoms with van der Waals surface area (Å²) in [5, 5.41) is 15.4. The summed E-state index contributed by atoms with van der Waals surface area (Å²) >= 11 is 12.0. The lowest BCUT2D eigenvalue weighted by Crippen LogP contribution is -2.23. The van der Waals surface area contributed by atoms with Crippen molar-refractivity contribution in [1.29, 1.82) is 0 Å². The van der Waals surface area contributed by atoms with Gasteiger partial charge in [-0.3, -0.25) is 9.59 Å². The Morgan fingerprint density at radius 3 is 2.17 bits per heavy atom. The molecule has 0 bridgehead atoms. The Hall–Kier alpha value is -4.27. The van der Waals surface area contributed by atoms with Crippen LogP contribution in [0.1, 0.15) is 57.2 Å². The Balaban J connectivity index is 0.000000166. The molecule has 0 spiro atoms. The fourth-order valence-electron chi connectivity index (χ4n) is 5.99. The molecule has 3 heterocycles. The normalized spacial score (nSPS) is 17.1. The van der Waals surface area contributed by atoms with Crippen molar-refractivity contribution in [1.82, 2.24) is 15.6 Å². The molecule has 2 unspecified atom stereocenters. The Kier molecular flexibility index (Phi) is 10.8. The second kappa shape index (κ2) is 15.5. The van der Waals surface area contributed by atoms with E-state index in [1.165, 1.54) is 24.0 Å². The van der Waals surface area contributed by atoms with E-state index in [1.807, 2.05) is 48.5 Å². The van der Waals surface area contributed by atoms with Crippen molar-refractivity contribution >= 4 is 57.2 Å². The summed E-state index contributed by atoms with van der Waals surface area (Å²) in [5.41, 5.74) is 5.07. The average molecular weight is 667 g/mol. The van der Waals surface area contributed by atoms with Crippen LogP contribution >= 0.6 is 23.2 Å².